The van der Waals surface area contributed by atoms with E-state index in [0.717, 1.165) is 12.7 Å². The Balaban J connectivity index is 0.000000791. The summed E-state index contributed by atoms with van der Waals surface area (Å²) in [5.41, 5.74) is 0.309. The van der Waals surface area contributed by atoms with Gasteiger partial charge in [-0.15, -0.1) is 0 Å². The molecule has 1 aromatic rings. The van der Waals surface area contributed by atoms with Gasteiger partial charge in [0.25, 0.3) is 0 Å². The molecule has 3 nitrogen and oxygen atoms in total. The van der Waals surface area contributed by atoms with Crippen LogP contribution in [-0.2, 0) is 5.41 Å². The minimum atomic E-state index is -0.529. The van der Waals surface area contributed by atoms with Gasteiger partial charge in [-0.3, -0.25) is 0 Å². The predicted octanol–water partition coefficient (Wildman–Crippen LogP) is 1.80. The highest BCUT2D eigenvalue weighted by molar-refractivity contribution is 5.35. The second-order valence-corrected chi connectivity index (χ2v) is 3.29. The first kappa shape index (κ1) is 12.5. The fraction of sp³-hybridized carbons (Fsp3) is 0.364. The molecule has 14 heavy (non-hydrogen) atoms. The lowest BCUT2D eigenvalue weighted by Gasteiger charge is -2.15. The molecular weight excluding hydrogens is 178 g/mol. The van der Waals surface area contributed by atoms with Crippen molar-refractivity contribution in [3.63, 3.8) is 0 Å². The molecule has 0 aromatic heterocycles. The van der Waals surface area contributed by atoms with Crippen LogP contribution < -0.4 is 0 Å². The normalized spacial score (nSPS) is 9.64. The van der Waals surface area contributed by atoms with Crippen molar-refractivity contribution in [3.8, 4) is 11.8 Å². The fourth-order valence-electron chi connectivity index (χ4n) is 0.959. The molecule has 0 amide bonds. The number of aliphatic hydroxyl groups is 1. The lowest BCUT2D eigenvalue weighted by molar-refractivity contribution is 0.399. The van der Waals surface area contributed by atoms with Gasteiger partial charge in [-0.2, -0.15) is 5.26 Å². The van der Waals surface area contributed by atoms with Gasteiger partial charge in [-0.05, 0) is 31.5 Å². The van der Waals surface area contributed by atoms with E-state index in [-0.39, 0.29) is 5.75 Å². The van der Waals surface area contributed by atoms with E-state index in [2.05, 4.69) is 6.07 Å². The van der Waals surface area contributed by atoms with E-state index in [1.54, 1.807) is 18.2 Å². The number of nitriles is 1. The van der Waals surface area contributed by atoms with Crippen LogP contribution in [0.5, 0.6) is 5.75 Å². The van der Waals surface area contributed by atoms with E-state index >= 15 is 0 Å². The molecule has 0 aliphatic heterocycles. The summed E-state index contributed by atoms with van der Waals surface area (Å²) in [6, 6.07) is 8.96. The van der Waals surface area contributed by atoms with Crippen LogP contribution in [0, 0.1) is 11.3 Å². The Morgan fingerprint density at radius 2 is 1.86 bits per heavy atom. The number of aliphatic hydroxyl groups excluding tert-OH is 1. The maximum Gasteiger partial charge on any atom is 0.115 e. The minimum Gasteiger partial charge on any atom is -0.508 e. The molecule has 0 aliphatic rings. The lowest BCUT2D eigenvalue weighted by atomic mass is 9.86. The molecule has 0 aliphatic carbocycles. The standard InChI is InChI=1S/C10H11NO.CH4O/c1-10(2,7-11)8-4-3-5-9(12)6-8;1-2/h3-6,12H,1-2H3;2H,1H3. The van der Waals surface area contributed by atoms with E-state index in [9.17, 15) is 0 Å². The van der Waals surface area contributed by atoms with Crippen molar-refractivity contribution in [2.45, 2.75) is 19.3 Å². The number of hydrogen-bond acceptors (Lipinski definition) is 3. The number of hydrogen-bond donors (Lipinski definition) is 2. The molecule has 0 spiro atoms. The van der Waals surface area contributed by atoms with E-state index in [4.69, 9.17) is 15.5 Å². The second-order valence-electron chi connectivity index (χ2n) is 3.29. The highest BCUT2D eigenvalue weighted by atomic mass is 16.3. The van der Waals surface area contributed by atoms with Crippen molar-refractivity contribution in [1.29, 1.82) is 5.26 Å². The van der Waals surface area contributed by atoms with Crippen molar-refractivity contribution >= 4 is 0 Å². The fourth-order valence-corrected chi connectivity index (χ4v) is 0.959. The zero-order chi connectivity index (χ0) is 11.2. The molecule has 76 valence electrons. The summed E-state index contributed by atoms with van der Waals surface area (Å²) in [5, 5.41) is 25.0. The maximum absolute atomic E-state index is 9.16. The largest absolute Gasteiger partial charge is 0.508 e. The van der Waals surface area contributed by atoms with Crippen molar-refractivity contribution in [2.75, 3.05) is 7.11 Å². The number of phenols is 1. The Morgan fingerprint density at radius 1 is 1.29 bits per heavy atom. The molecule has 1 rings (SSSR count). The van der Waals surface area contributed by atoms with Crippen molar-refractivity contribution < 1.29 is 10.2 Å². The molecule has 2 N–H and O–H groups in total. The smallest absolute Gasteiger partial charge is 0.115 e. The van der Waals surface area contributed by atoms with Gasteiger partial charge in [0.05, 0.1) is 11.5 Å². The molecule has 1 aromatic carbocycles. The predicted molar refractivity (Wildman–Crippen MR) is 54.9 cm³/mol. The summed E-state index contributed by atoms with van der Waals surface area (Å²) < 4.78 is 0. The quantitative estimate of drug-likeness (QED) is 0.714. The molecular formula is C11H15NO2. The topological polar surface area (TPSA) is 64.2 Å². The highest BCUT2D eigenvalue weighted by Crippen LogP contribution is 2.24. The highest BCUT2D eigenvalue weighted by Gasteiger charge is 2.19. The van der Waals surface area contributed by atoms with Gasteiger partial charge < -0.3 is 10.2 Å². The summed E-state index contributed by atoms with van der Waals surface area (Å²) in [5.74, 6) is 0.204. The van der Waals surface area contributed by atoms with Crippen molar-refractivity contribution in [1.82, 2.24) is 0 Å². The minimum absolute atomic E-state index is 0.204. The van der Waals surface area contributed by atoms with Gasteiger partial charge in [0.1, 0.15) is 5.75 Å². The van der Waals surface area contributed by atoms with Gasteiger partial charge in [0.2, 0.25) is 0 Å². The van der Waals surface area contributed by atoms with Crippen LogP contribution in [0.15, 0.2) is 24.3 Å². The molecule has 0 saturated heterocycles. The zero-order valence-corrected chi connectivity index (χ0v) is 8.65. The summed E-state index contributed by atoms with van der Waals surface area (Å²) in [6.45, 7) is 3.64. The molecule has 0 fully saturated rings. The van der Waals surface area contributed by atoms with Gasteiger partial charge in [0.15, 0.2) is 0 Å². The van der Waals surface area contributed by atoms with Crippen LogP contribution in [0.2, 0.25) is 0 Å². The summed E-state index contributed by atoms with van der Waals surface area (Å²) in [6.07, 6.45) is 0. The van der Waals surface area contributed by atoms with Crippen LogP contribution in [0.3, 0.4) is 0 Å². The van der Waals surface area contributed by atoms with E-state index in [1.165, 1.54) is 0 Å². The molecule has 3 heteroatoms. The van der Waals surface area contributed by atoms with Crippen molar-refractivity contribution in [2.24, 2.45) is 0 Å². The Bertz CT molecular complexity index is 326. The monoisotopic (exact) mass is 193 g/mol. The van der Waals surface area contributed by atoms with Crippen LogP contribution >= 0.6 is 0 Å². The third-order valence-electron chi connectivity index (χ3n) is 1.85. The third-order valence-corrected chi connectivity index (χ3v) is 1.85. The van der Waals surface area contributed by atoms with Gasteiger partial charge in [-0.25, -0.2) is 0 Å². The van der Waals surface area contributed by atoms with Gasteiger partial charge in [-0.1, -0.05) is 12.1 Å². The van der Waals surface area contributed by atoms with Gasteiger partial charge >= 0.3 is 0 Å². The number of rotatable bonds is 1. The van der Waals surface area contributed by atoms with E-state index < -0.39 is 5.41 Å². The summed E-state index contributed by atoms with van der Waals surface area (Å²) in [4.78, 5) is 0. The van der Waals surface area contributed by atoms with Gasteiger partial charge in [0, 0.05) is 7.11 Å². The Hall–Kier alpha value is -1.53. The van der Waals surface area contributed by atoms with Crippen LogP contribution in [0.4, 0.5) is 0 Å². The maximum atomic E-state index is 9.16. The second kappa shape index (κ2) is 5.25. The molecule has 0 heterocycles. The Morgan fingerprint density at radius 3 is 2.29 bits per heavy atom. The molecule has 0 radical (unpaired) electrons. The average molecular weight is 193 g/mol. The summed E-state index contributed by atoms with van der Waals surface area (Å²) >= 11 is 0. The number of aromatic hydroxyl groups is 1. The molecule has 0 atom stereocenters. The van der Waals surface area contributed by atoms with Crippen LogP contribution in [-0.4, -0.2) is 17.3 Å². The summed E-state index contributed by atoms with van der Waals surface area (Å²) in [7, 11) is 1.00. The number of benzene rings is 1. The Kier molecular flexibility index (Phi) is 4.68. The first-order valence-electron chi connectivity index (χ1n) is 4.22. The zero-order valence-electron chi connectivity index (χ0n) is 8.65. The molecule has 0 bridgehead atoms. The molecule has 0 saturated carbocycles. The number of phenolic OH excluding ortho intramolecular Hbond substituents is 1. The Labute approximate surface area is 84.2 Å². The lowest BCUT2D eigenvalue weighted by Crippen LogP contribution is -2.13. The first-order valence-corrected chi connectivity index (χ1v) is 4.22. The van der Waals surface area contributed by atoms with Crippen LogP contribution in [0.1, 0.15) is 19.4 Å². The number of nitrogens with zero attached hydrogens (tertiary/aromatic N) is 1. The SMILES string of the molecule is CC(C)(C#N)c1cccc(O)c1.CO. The average Bonchev–Trinajstić information content (AvgIpc) is 2.21. The van der Waals surface area contributed by atoms with Crippen LogP contribution in [0.25, 0.3) is 0 Å². The van der Waals surface area contributed by atoms with E-state index in [0.29, 0.717) is 0 Å². The van der Waals surface area contributed by atoms with E-state index in [1.807, 2.05) is 19.9 Å². The third kappa shape index (κ3) is 3.08. The molecule has 0 unspecified atom stereocenters. The van der Waals surface area contributed by atoms with Crippen molar-refractivity contribution in [3.05, 3.63) is 29.8 Å². The first-order chi connectivity index (χ1) is 6.56.